The largest absolute Gasteiger partial charge is 0.372 e. The number of hydrogen-bond acceptors (Lipinski definition) is 2. The summed E-state index contributed by atoms with van der Waals surface area (Å²) in [4.78, 5) is 14.4. The van der Waals surface area contributed by atoms with Crippen LogP contribution in [0.4, 0.5) is 10.1 Å². The molecule has 3 rings (SSSR count). The smallest absolute Gasteiger partial charge is 0.251 e. The summed E-state index contributed by atoms with van der Waals surface area (Å²) in [6, 6.07) is 14.2. The van der Waals surface area contributed by atoms with Gasteiger partial charge in [0.1, 0.15) is 5.82 Å². The molecule has 1 heterocycles. The van der Waals surface area contributed by atoms with E-state index in [0.717, 1.165) is 19.5 Å². The molecule has 1 aliphatic rings. The first-order chi connectivity index (χ1) is 11.7. The lowest BCUT2D eigenvalue weighted by molar-refractivity contribution is 0.0954. The molecule has 0 unspecified atom stereocenters. The zero-order valence-corrected chi connectivity index (χ0v) is 13.8. The van der Waals surface area contributed by atoms with Gasteiger partial charge in [0.05, 0.1) is 0 Å². The second-order valence-corrected chi connectivity index (χ2v) is 6.23. The van der Waals surface area contributed by atoms with Crippen LogP contribution < -0.4 is 10.2 Å². The minimum Gasteiger partial charge on any atom is -0.372 e. The van der Waals surface area contributed by atoms with Crippen LogP contribution in [0.25, 0.3) is 0 Å². The van der Waals surface area contributed by atoms with Crippen molar-refractivity contribution in [1.82, 2.24) is 5.32 Å². The number of piperidine rings is 1. The van der Waals surface area contributed by atoms with Gasteiger partial charge in [0.25, 0.3) is 5.91 Å². The molecule has 1 amide bonds. The van der Waals surface area contributed by atoms with Crippen molar-refractivity contribution >= 4 is 11.6 Å². The average molecular weight is 326 g/mol. The van der Waals surface area contributed by atoms with Gasteiger partial charge in [-0.05, 0) is 67.6 Å². The number of anilines is 1. The fourth-order valence-corrected chi connectivity index (χ4v) is 3.05. The lowest BCUT2D eigenvalue weighted by Crippen LogP contribution is -2.29. The molecule has 0 spiro atoms. The van der Waals surface area contributed by atoms with Crippen molar-refractivity contribution in [2.24, 2.45) is 0 Å². The minimum absolute atomic E-state index is 0.167. The summed E-state index contributed by atoms with van der Waals surface area (Å²) < 4.78 is 12.9. The van der Waals surface area contributed by atoms with Crippen molar-refractivity contribution in [3.8, 4) is 0 Å². The third-order valence-corrected chi connectivity index (χ3v) is 4.46. The van der Waals surface area contributed by atoms with Gasteiger partial charge >= 0.3 is 0 Å². The minimum atomic E-state index is -0.333. The summed E-state index contributed by atoms with van der Waals surface area (Å²) in [6.07, 6.45) is 4.67. The Kier molecular flexibility index (Phi) is 5.47. The maximum Gasteiger partial charge on any atom is 0.251 e. The number of carbonyl (C=O) groups is 1. The first kappa shape index (κ1) is 16.5. The zero-order chi connectivity index (χ0) is 16.8. The molecule has 24 heavy (non-hydrogen) atoms. The molecular weight excluding hydrogens is 303 g/mol. The number of rotatable bonds is 5. The van der Waals surface area contributed by atoms with E-state index in [1.807, 2.05) is 0 Å². The van der Waals surface area contributed by atoms with Crippen LogP contribution in [0.1, 0.15) is 35.2 Å². The number of nitrogens with zero attached hydrogens (tertiary/aromatic N) is 1. The third-order valence-electron chi connectivity index (χ3n) is 4.46. The Bertz CT molecular complexity index is 661. The number of hydrogen-bond donors (Lipinski definition) is 1. The van der Waals surface area contributed by atoms with Gasteiger partial charge in [-0.25, -0.2) is 4.39 Å². The van der Waals surface area contributed by atoms with E-state index in [2.05, 4.69) is 34.5 Å². The Morgan fingerprint density at radius 3 is 2.29 bits per heavy atom. The maximum absolute atomic E-state index is 12.9. The highest BCUT2D eigenvalue weighted by molar-refractivity contribution is 5.94. The Morgan fingerprint density at radius 1 is 0.958 bits per heavy atom. The molecule has 1 aliphatic heterocycles. The van der Waals surface area contributed by atoms with E-state index in [9.17, 15) is 9.18 Å². The van der Waals surface area contributed by atoms with Crippen molar-refractivity contribution < 1.29 is 9.18 Å². The van der Waals surface area contributed by atoms with Gasteiger partial charge in [-0.3, -0.25) is 4.79 Å². The summed E-state index contributed by atoms with van der Waals surface area (Å²) in [6.45, 7) is 2.86. The number of halogens is 1. The molecule has 1 fully saturated rings. The molecular formula is C20H23FN2O. The van der Waals surface area contributed by atoms with Crippen LogP contribution in [-0.4, -0.2) is 25.5 Å². The molecule has 2 aromatic carbocycles. The monoisotopic (exact) mass is 326 g/mol. The highest BCUT2D eigenvalue weighted by Crippen LogP contribution is 2.20. The summed E-state index contributed by atoms with van der Waals surface area (Å²) in [7, 11) is 0. The molecule has 2 aromatic rings. The van der Waals surface area contributed by atoms with Crippen LogP contribution in [0.5, 0.6) is 0 Å². The fraction of sp³-hybridized carbons (Fsp3) is 0.350. The van der Waals surface area contributed by atoms with E-state index < -0.39 is 0 Å². The third kappa shape index (κ3) is 4.34. The average Bonchev–Trinajstić information content (AvgIpc) is 2.63. The van der Waals surface area contributed by atoms with Crippen molar-refractivity contribution in [3.63, 3.8) is 0 Å². The number of carbonyl (C=O) groups excluding carboxylic acids is 1. The molecule has 0 bridgehead atoms. The number of benzene rings is 2. The van der Waals surface area contributed by atoms with Crippen LogP contribution in [-0.2, 0) is 6.42 Å². The predicted octanol–water partition coefficient (Wildman–Crippen LogP) is 3.79. The van der Waals surface area contributed by atoms with Crippen LogP contribution in [0, 0.1) is 5.82 Å². The normalized spacial score (nSPS) is 14.5. The van der Waals surface area contributed by atoms with E-state index >= 15 is 0 Å². The molecule has 0 saturated carbocycles. The summed E-state index contributed by atoms with van der Waals surface area (Å²) in [5, 5.41) is 2.87. The summed E-state index contributed by atoms with van der Waals surface area (Å²) in [5.74, 6) is -0.500. The summed E-state index contributed by atoms with van der Waals surface area (Å²) >= 11 is 0. The second kappa shape index (κ2) is 7.95. The number of amides is 1. The van der Waals surface area contributed by atoms with Crippen LogP contribution in [0.15, 0.2) is 48.5 Å². The van der Waals surface area contributed by atoms with E-state index in [1.54, 1.807) is 0 Å². The molecule has 126 valence electrons. The highest BCUT2D eigenvalue weighted by atomic mass is 19.1. The molecule has 1 N–H and O–H groups in total. The Morgan fingerprint density at radius 2 is 1.62 bits per heavy atom. The zero-order valence-electron chi connectivity index (χ0n) is 13.8. The lowest BCUT2D eigenvalue weighted by Gasteiger charge is -2.28. The van der Waals surface area contributed by atoms with Gasteiger partial charge in [0.15, 0.2) is 0 Å². The van der Waals surface area contributed by atoms with Gasteiger partial charge < -0.3 is 10.2 Å². The van der Waals surface area contributed by atoms with Crippen LogP contribution >= 0.6 is 0 Å². The molecule has 1 saturated heterocycles. The number of nitrogens with one attached hydrogen (secondary N) is 1. The van der Waals surface area contributed by atoms with Crippen molar-refractivity contribution in [2.45, 2.75) is 25.7 Å². The second-order valence-electron chi connectivity index (χ2n) is 6.23. The quantitative estimate of drug-likeness (QED) is 0.907. The molecule has 4 heteroatoms. The van der Waals surface area contributed by atoms with Crippen molar-refractivity contribution in [3.05, 3.63) is 65.5 Å². The first-order valence-electron chi connectivity index (χ1n) is 8.60. The van der Waals surface area contributed by atoms with E-state index in [1.165, 1.54) is 54.8 Å². The molecule has 0 aliphatic carbocycles. The molecule has 0 aromatic heterocycles. The molecule has 0 atom stereocenters. The van der Waals surface area contributed by atoms with E-state index in [4.69, 9.17) is 0 Å². The van der Waals surface area contributed by atoms with E-state index in [-0.39, 0.29) is 11.7 Å². The van der Waals surface area contributed by atoms with Crippen LogP contribution in [0.2, 0.25) is 0 Å². The fourth-order valence-electron chi connectivity index (χ4n) is 3.05. The van der Waals surface area contributed by atoms with Gasteiger partial charge in [0, 0.05) is 30.9 Å². The lowest BCUT2D eigenvalue weighted by atomic mass is 10.1. The Labute approximate surface area is 142 Å². The molecule has 0 radical (unpaired) electrons. The Hall–Kier alpha value is -2.36. The standard InChI is InChI=1S/C20H23FN2O/c21-18-8-6-17(7-9-18)20(24)22-13-12-16-4-10-19(11-5-16)23-14-2-1-3-15-23/h4-11H,1-3,12-15H2,(H,22,24). The van der Waals surface area contributed by atoms with Gasteiger partial charge in [-0.2, -0.15) is 0 Å². The van der Waals surface area contributed by atoms with Gasteiger partial charge in [-0.1, -0.05) is 12.1 Å². The van der Waals surface area contributed by atoms with Gasteiger partial charge in [-0.15, -0.1) is 0 Å². The molecule has 3 nitrogen and oxygen atoms in total. The first-order valence-corrected chi connectivity index (χ1v) is 8.60. The predicted molar refractivity (Wildman–Crippen MR) is 94.9 cm³/mol. The van der Waals surface area contributed by atoms with Gasteiger partial charge in [0.2, 0.25) is 0 Å². The van der Waals surface area contributed by atoms with Crippen LogP contribution in [0.3, 0.4) is 0 Å². The summed E-state index contributed by atoms with van der Waals surface area (Å²) in [5.41, 5.74) is 2.97. The SMILES string of the molecule is O=C(NCCc1ccc(N2CCCCC2)cc1)c1ccc(F)cc1. The maximum atomic E-state index is 12.9. The highest BCUT2D eigenvalue weighted by Gasteiger charge is 2.10. The topological polar surface area (TPSA) is 32.3 Å². The Balaban J connectivity index is 1.48. The van der Waals surface area contributed by atoms with Crippen molar-refractivity contribution in [2.75, 3.05) is 24.5 Å². The van der Waals surface area contributed by atoms with E-state index in [0.29, 0.717) is 12.1 Å². The van der Waals surface area contributed by atoms with Crippen molar-refractivity contribution in [1.29, 1.82) is 0 Å².